The predicted octanol–water partition coefficient (Wildman–Crippen LogP) is 3.43. The Kier molecular flexibility index (Phi) is 5.90. The van der Waals surface area contributed by atoms with Gasteiger partial charge in [-0.1, -0.05) is 32.0 Å². The Labute approximate surface area is 185 Å². The summed E-state index contributed by atoms with van der Waals surface area (Å²) in [4.78, 5) is 44.6. The van der Waals surface area contributed by atoms with Gasteiger partial charge in [0.25, 0.3) is 11.5 Å². The molecule has 2 aromatic heterocycles. The molecule has 4 rings (SSSR count). The molecular formula is C25H25N3O4. The SMILES string of the molecule is CC1(C)CC(=O)c2cc(C(=O)NCc3cccc(OCc4ccccn4)c3)c(=O)[nH]c2C1. The Bertz CT molecular complexity index is 1220. The highest BCUT2D eigenvalue weighted by Crippen LogP contribution is 2.33. The molecule has 0 aliphatic heterocycles. The summed E-state index contributed by atoms with van der Waals surface area (Å²) in [5.74, 6) is 0.0769. The fourth-order valence-electron chi connectivity index (χ4n) is 3.86. The van der Waals surface area contributed by atoms with Crippen LogP contribution < -0.4 is 15.6 Å². The molecule has 164 valence electrons. The van der Waals surface area contributed by atoms with E-state index in [1.54, 1.807) is 6.20 Å². The van der Waals surface area contributed by atoms with Crippen LogP contribution >= 0.6 is 0 Å². The van der Waals surface area contributed by atoms with Gasteiger partial charge >= 0.3 is 0 Å². The number of ketones is 1. The third-order valence-corrected chi connectivity index (χ3v) is 5.43. The Morgan fingerprint density at radius 2 is 1.97 bits per heavy atom. The number of nitrogens with one attached hydrogen (secondary N) is 2. The van der Waals surface area contributed by atoms with Gasteiger partial charge in [0.15, 0.2) is 5.78 Å². The Balaban J connectivity index is 1.43. The maximum atomic E-state index is 12.7. The summed E-state index contributed by atoms with van der Waals surface area (Å²) in [7, 11) is 0. The maximum Gasteiger partial charge on any atom is 0.261 e. The van der Waals surface area contributed by atoms with Crippen molar-refractivity contribution in [2.24, 2.45) is 5.41 Å². The number of benzene rings is 1. The van der Waals surface area contributed by atoms with Crippen LogP contribution in [0.2, 0.25) is 0 Å². The molecule has 1 amide bonds. The zero-order valence-corrected chi connectivity index (χ0v) is 18.1. The molecule has 1 aliphatic carbocycles. The number of carbonyl (C=O) groups is 2. The summed E-state index contributed by atoms with van der Waals surface area (Å²) in [5, 5.41) is 2.76. The highest BCUT2D eigenvalue weighted by molar-refractivity contribution is 6.02. The van der Waals surface area contributed by atoms with Crippen LogP contribution in [0.5, 0.6) is 5.75 Å². The van der Waals surface area contributed by atoms with Crippen molar-refractivity contribution in [1.82, 2.24) is 15.3 Å². The fourth-order valence-corrected chi connectivity index (χ4v) is 3.86. The third-order valence-electron chi connectivity index (χ3n) is 5.43. The summed E-state index contributed by atoms with van der Waals surface area (Å²) in [5.41, 5.74) is 1.92. The molecule has 0 saturated carbocycles. The van der Waals surface area contributed by atoms with Gasteiger partial charge in [-0.25, -0.2) is 0 Å². The van der Waals surface area contributed by atoms with Crippen LogP contribution in [0, 0.1) is 5.41 Å². The van der Waals surface area contributed by atoms with Crippen molar-refractivity contribution < 1.29 is 14.3 Å². The lowest BCUT2D eigenvalue weighted by Crippen LogP contribution is -2.34. The first-order valence-electron chi connectivity index (χ1n) is 10.5. The summed E-state index contributed by atoms with van der Waals surface area (Å²) < 4.78 is 5.77. The van der Waals surface area contributed by atoms with Crippen molar-refractivity contribution in [2.45, 2.75) is 39.8 Å². The van der Waals surface area contributed by atoms with Gasteiger partial charge in [-0.2, -0.15) is 0 Å². The van der Waals surface area contributed by atoms with Crippen LogP contribution in [0.3, 0.4) is 0 Å². The molecule has 2 N–H and O–H groups in total. The van der Waals surface area contributed by atoms with Crippen LogP contribution in [0.4, 0.5) is 0 Å². The van der Waals surface area contributed by atoms with E-state index in [1.165, 1.54) is 6.07 Å². The molecule has 7 nitrogen and oxygen atoms in total. The quantitative estimate of drug-likeness (QED) is 0.623. The Morgan fingerprint density at radius 3 is 2.75 bits per heavy atom. The molecule has 0 saturated heterocycles. The molecule has 0 radical (unpaired) electrons. The van der Waals surface area contributed by atoms with Crippen molar-refractivity contribution in [3.05, 3.63) is 93.2 Å². The number of nitrogens with zero attached hydrogens (tertiary/aromatic N) is 1. The molecule has 0 atom stereocenters. The highest BCUT2D eigenvalue weighted by Gasteiger charge is 2.32. The van der Waals surface area contributed by atoms with Gasteiger partial charge in [0.1, 0.15) is 17.9 Å². The number of rotatable bonds is 6. The predicted molar refractivity (Wildman–Crippen MR) is 120 cm³/mol. The highest BCUT2D eigenvalue weighted by atomic mass is 16.5. The first-order chi connectivity index (χ1) is 15.3. The average molecular weight is 431 g/mol. The first-order valence-corrected chi connectivity index (χ1v) is 10.5. The summed E-state index contributed by atoms with van der Waals surface area (Å²) in [6.07, 6.45) is 2.69. The van der Waals surface area contributed by atoms with Gasteiger partial charge in [0.2, 0.25) is 0 Å². The minimum absolute atomic E-state index is 0.0561. The molecule has 1 aromatic carbocycles. The normalized spacial score (nSPS) is 14.5. The van der Waals surface area contributed by atoms with E-state index in [0.29, 0.717) is 36.5 Å². The summed E-state index contributed by atoms with van der Waals surface area (Å²) in [6, 6.07) is 14.4. The summed E-state index contributed by atoms with van der Waals surface area (Å²) >= 11 is 0. The molecule has 0 spiro atoms. The fraction of sp³-hybridized carbons (Fsp3) is 0.280. The molecule has 1 aliphatic rings. The van der Waals surface area contributed by atoms with Crippen LogP contribution in [-0.4, -0.2) is 21.7 Å². The molecule has 0 unspecified atom stereocenters. The lowest BCUT2D eigenvalue weighted by Gasteiger charge is -2.29. The molecule has 0 bridgehead atoms. The van der Waals surface area contributed by atoms with E-state index in [2.05, 4.69) is 15.3 Å². The number of hydrogen-bond acceptors (Lipinski definition) is 5. The molecule has 0 fully saturated rings. The van der Waals surface area contributed by atoms with Gasteiger partial charge in [0, 0.05) is 30.4 Å². The number of ether oxygens (including phenoxy) is 1. The van der Waals surface area contributed by atoms with E-state index in [-0.39, 0.29) is 23.3 Å². The number of amides is 1. The smallest absolute Gasteiger partial charge is 0.261 e. The van der Waals surface area contributed by atoms with Crippen molar-refractivity contribution >= 4 is 11.7 Å². The minimum atomic E-state index is -0.522. The van der Waals surface area contributed by atoms with Crippen molar-refractivity contribution in [3.8, 4) is 5.75 Å². The second-order valence-electron chi connectivity index (χ2n) is 8.79. The van der Waals surface area contributed by atoms with Crippen LogP contribution in [0.1, 0.15) is 57.9 Å². The number of aromatic amines is 1. The van der Waals surface area contributed by atoms with Gasteiger partial charge in [-0.3, -0.25) is 19.4 Å². The second kappa shape index (κ2) is 8.78. The van der Waals surface area contributed by atoms with Gasteiger partial charge in [0.05, 0.1) is 5.69 Å². The molecule has 2 heterocycles. The number of H-pyrrole nitrogens is 1. The lowest BCUT2D eigenvalue weighted by atomic mass is 9.75. The zero-order valence-electron chi connectivity index (χ0n) is 18.1. The molecule has 7 heteroatoms. The number of aromatic nitrogens is 2. The van der Waals surface area contributed by atoms with Crippen molar-refractivity contribution in [3.63, 3.8) is 0 Å². The van der Waals surface area contributed by atoms with E-state index in [1.807, 2.05) is 56.3 Å². The average Bonchev–Trinajstić information content (AvgIpc) is 2.76. The number of hydrogen-bond donors (Lipinski definition) is 2. The monoisotopic (exact) mass is 431 g/mol. The zero-order chi connectivity index (χ0) is 22.7. The van der Waals surface area contributed by atoms with Crippen LogP contribution in [0.15, 0.2) is 59.5 Å². The number of pyridine rings is 2. The van der Waals surface area contributed by atoms with E-state index in [4.69, 9.17) is 4.74 Å². The van der Waals surface area contributed by atoms with E-state index < -0.39 is 11.5 Å². The van der Waals surface area contributed by atoms with Gasteiger partial charge in [-0.15, -0.1) is 0 Å². The molecule has 3 aromatic rings. The molecule has 32 heavy (non-hydrogen) atoms. The number of fused-ring (bicyclic) bond motifs is 1. The number of carbonyl (C=O) groups excluding carboxylic acids is 2. The van der Waals surface area contributed by atoms with Crippen molar-refractivity contribution in [1.29, 1.82) is 0 Å². The van der Waals surface area contributed by atoms with E-state index in [9.17, 15) is 14.4 Å². The Morgan fingerprint density at radius 1 is 1.12 bits per heavy atom. The topological polar surface area (TPSA) is 101 Å². The summed E-state index contributed by atoms with van der Waals surface area (Å²) in [6.45, 7) is 4.53. The van der Waals surface area contributed by atoms with Crippen LogP contribution in [0.25, 0.3) is 0 Å². The second-order valence-corrected chi connectivity index (χ2v) is 8.79. The molecular weight excluding hydrogens is 406 g/mol. The Hall–Kier alpha value is -3.74. The number of Topliss-reactive ketones (excluding diaryl/α,β-unsaturated/α-hetero) is 1. The van der Waals surface area contributed by atoms with Gasteiger partial charge < -0.3 is 15.0 Å². The largest absolute Gasteiger partial charge is 0.487 e. The van der Waals surface area contributed by atoms with E-state index >= 15 is 0 Å². The van der Waals surface area contributed by atoms with Crippen LogP contribution in [-0.2, 0) is 19.6 Å². The van der Waals surface area contributed by atoms with Gasteiger partial charge in [-0.05, 0) is 47.7 Å². The first kappa shape index (κ1) is 21.5. The lowest BCUT2D eigenvalue weighted by molar-refractivity contribution is 0.0910. The maximum absolute atomic E-state index is 12.7. The standard InChI is InChI=1S/C25H25N3O4/c1-25(2)12-21-19(22(29)13-25)11-20(24(31)28-21)23(30)27-14-16-6-5-8-18(10-16)32-15-17-7-3-4-9-26-17/h3-11H,12-15H2,1-2H3,(H,27,30)(H,28,31). The van der Waals surface area contributed by atoms with E-state index in [0.717, 1.165) is 11.3 Å². The third kappa shape index (κ3) is 4.94. The van der Waals surface area contributed by atoms with Crippen molar-refractivity contribution in [2.75, 3.05) is 0 Å². The minimum Gasteiger partial charge on any atom is -0.487 e.